The van der Waals surface area contributed by atoms with E-state index in [0.717, 1.165) is 11.1 Å². The summed E-state index contributed by atoms with van der Waals surface area (Å²) in [5.74, 6) is 0.0973. The van der Waals surface area contributed by atoms with Crippen LogP contribution in [0.4, 0.5) is 5.69 Å². The third-order valence-electron chi connectivity index (χ3n) is 4.16. The van der Waals surface area contributed by atoms with Crippen molar-refractivity contribution < 1.29 is 19.1 Å². The average molecular weight is 384 g/mol. The Morgan fingerprint density at radius 1 is 1.07 bits per heavy atom. The van der Waals surface area contributed by atoms with E-state index >= 15 is 0 Å². The number of hydrogen-bond acceptors (Lipinski definition) is 4. The van der Waals surface area contributed by atoms with Crippen molar-refractivity contribution in [3.63, 3.8) is 0 Å². The predicted molar refractivity (Wildman–Crippen MR) is 110 cm³/mol. The van der Waals surface area contributed by atoms with E-state index in [9.17, 15) is 9.59 Å². The van der Waals surface area contributed by atoms with Crippen molar-refractivity contribution in [1.82, 2.24) is 5.32 Å². The molecule has 0 aliphatic carbocycles. The molecule has 0 spiro atoms. The standard InChI is InChI=1S/C22H28N2O4/c1-5-20(28-17-13-15(2)12-16(3)14-17)22(26)24-19-9-7-6-8-18(19)21(25)23-10-11-27-4/h6-9,12-14,20H,5,10-11H2,1-4H3,(H,23,25)(H,24,26)/t20-/m1/s1. The van der Waals surface area contributed by atoms with Crippen molar-refractivity contribution in [2.75, 3.05) is 25.6 Å². The highest BCUT2D eigenvalue weighted by Gasteiger charge is 2.21. The molecule has 2 amide bonds. The summed E-state index contributed by atoms with van der Waals surface area (Å²) in [4.78, 5) is 25.1. The predicted octanol–water partition coefficient (Wildman–Crippen LogP) is 3.48. The lowest BCUT2D eigenvalue weighted by atomic mass is 10.1. The highest BCUT2D eigenvalue weighted by atomic mass is 16.5. The zero-order valence-electron chi connectivity index (χ0n) is 16.9. The first-order chi connectivity index (χ1) is 13.4. The summed E-state index contributed by atoms with van der Waals surface area (Å²) < 4.78 is 10.9. The van der Waals surface area contributed by atoms with Crippen LogP contribution < -0.4 is 15.4 Å². The summed E-state index contributed by atoms with van der Waals surface area (Å²) in [6, 6.07) is 12.8. The highest BCUT2D eigenvalue weighted by Crippen LogP contribution is 2.20. The van der Waals surface area contributed by atoms with E-state index in [2.05, 4.69) is 10.6 Å². The van der Waals surface area contributed by atoms with E-state index in [0.29, 0.717) is 36.6 Å². The van der Waals surface area contributed by atoms with Gasteiger partial charge in [-0.1, -0.05) is 25.1 Å². The summed E-state index contributed by atoms with van der Waals surface area (Å²) in [5, 5.41) is 5.59. The summed E-state index contributed by atoms with van der Waals surface area (Å²) in [6.07, 6.45) is -0.160. The van der Waals surface area contributed by atoms with E-state index in [1.807, 2.05) is 39.0 Å². The second-order valence-corrected chi connectivity index (χ2v) is 6.62. The summed E-state index contributed by atoms with van der Waals surface area (Å²) in [6.45, 7) is 6.67. The quantitative estimate of drug-likeness (QED) is 0.649. The molecule has 0 radical (unpaired) electrons. The van der Waals surface area contributed by atoms with E-state index in [1.165, 1.54) is 0 Å². The van der Waals surface area contributed by atoms with E-state index in [1.54, 1.807) is 31.4 Å². The Morgan fingerprint density at radius 3 is 2.39 bits per heavy atom. The number of rotatable bonds is 9. The van der Waals surface area contributed by atoms with Gasteiger partial charge in [0.15, 0.2) is 6.10 Å². The Bertz CT molecular complexity index is 800. The molecule has 150 valence electrons. The maximum absolute atomic E-state index is 12.8. The number of hydrogen-bond donors (Lipinski definition) is 2. The number of aryl methyl sites for hydroxylation is 2. The third-order valence-corrected chi connectivity index (χ3v) is 4.16. The van der Waals surface area contributed by atoms with Crippen LogP contribution in [0.3, 0.4) is 0 Å². The molecular weight excluding hydrogens is 356 g/mol. The molecule has 0 saturated carbocycles. The number of benzene rings is 2. The number of methoxy groups -OCH3 is 1. The molecule has 28 heavy (non-hydrogen) atoms. The number of carbonyl (C=O) groups is 2. The summed E-state index contributed by atoms with van der Waals surface area (Å²) in [7, 11) is 1.57. The first kappa shape index (κ1) is 21.4. The molecule has 0 bridgehead atoms. The fraction of sp³-hybridized carbons (Fsp3) is 0.364. The highest BCUT2D eigenvalue weighted by molar-refractivity contribution is 6.04. The molecule has 6 heteroatoms. The molecule has 2 rings (SSSR count). The molecule has 0 aliphatic rings. The zero-order valence-corrected chi connectivity index (χ0v) is 16.9. The summed E-state index contributed by atoms with van der Waals surface area (Å²) in [5.41, 5.74) is 2.99. The Hall–Kier alpha value is -2.86. The van der Waals surface area contributed by atoms with Crippen LogP contribution in [0.15, 0.2) is 42.5 Å². The number of ether oxygens (including phenoxy) is 2. The minimum absolute atomic E-state index is 0.267. The third kappa shape index (κ3) is 6.09. The van der Waals surface area contributed by atoms with Crippen LogP contribution in [0.5, 0.6) is 5.75 Å². The van der Waals surface area contributed by atoms with Gasteiger partial charge < -0.3 is 20.1 Å². The van der Waals surface area contributed by atoms with Crippen molar-refractivity contribution in [1.29, 1.82) is 0 Å². The average Bonchev–Trinajstić information content (AvgIpc) is 2.65. The first-order valence-corrected chi connectivity index (χ1v) is 9.36. The van der Waals surface area contributed by atoms with Crippen LogP contribution in [0, 0.1) is 13.8 Å². The number of carbonyl (C=O) groups excluding carboxylic acids is 2. The lowest BCUT2D eigenvalue weighted by molar-refractivity contribution is -0.122. The molecule has 1 atom stereocenters. The van der Waals surface area contributed by atoms with Gasteiger partial charge in [-0.05, 0) is 55.7 Å². The molecule has 6 nitrogen and oxygen atoms in total. The van der Waals surface area contributed by atoms with Gasteiger partial charge in [0.1, 0.15) is 5.75 Å². The van der Waals surface area contributed by atoms with Crippen molar-refractivity contribution >= 4 is 17.5 Å². The van der Waals surface area contributed by atoms with Crippen molar-refractivity contribution in [3.8, 4) is 5.75 Å². The molecule has 0 fully saturated rings. The van der Waals surface area contributed by atoms with Gasteiger partial charge in [-0.25, -0.2) is 0 Å². The van der Waals surface area contributed by atoms with Crippen LogP contribution in [0.25, 0.3) is 0 Å². The molecular formula is C22H28N2O4. The molecule has 0 unspecified atom stereocenters. The largest absolute Gasteiger partial charge is 0.481 e. The van der Waals surface area contributed by atoms with Gasteiger partial charge in [0.2, 0.25) is 0 Å². The smallest absolute Gasteiger partial charge is 0.265 e. The van der Waals surface area contributed by atoms with Gasteiger partial charge in [0.25, 0.3) is 11.8 Å². The second-order valence-electron chi connectivity index (χ2n) is 6.62. The van der Waals surface area contributed by atoms with Gasteiger partial charge in [0.05, 0.1) is 17.9 Å². The van der Waals surface area contributed by atoms with Gasteiger partial charge in [-0.3, -0.25) is 9.59 Å². The molecule has 2 aromatic carbocycles. The minimum atomic E-state index is -0.661. The number of nitrogens with one attached hydrogen (secondary N) is 2. The van der Waals surface area contributed by atoms with E-state index < -0.39 is 6.10 Å². The van der Waals surface area contributed by atoms with Gasteiger partial charge >= 0.3 is 0 Å². The van der Waals surface area contributed by atoms with E-state index in [-0.39, 0.29) is 11.8 Å². The monoisotopic (exact) mass is 384 g/mol. The van der Waals surface area contributed by atoms with Crippen LogP contribution in [0.2, 0.25) is 0 Å². The SMILES string of the molecule is CC[C@@H](Oc1cc(C)cc(C)c1)C(=O)Nc1ccccc1C(=O)NCCOC. The molecule has 0 saturated heterocycles. The molecule has 0 heterocycles. The first-order valence-electron chi connectivity index (χ1n) is 9.36. The van der Waals surface area contributed by atoms with Crippen LogP contribution in [0.1, 0.15) is 34.8 Å². The second kappa shape index (κ2) is 10.5. The van der Waals surface area contributed by atoms with Crippen molar-refractivity contribution in [2.24, 2.45) is 0 Å². The van der Waals surface area contributed by atoms with Gasteiger partial charge in [-0.15, -0.1) is 0 Å². The van der Waals surface area contributed by atoms with Gasteiger partial charge in [-0.2, -0.15) is 0 Å². The fourth-order valence-corrected chi connectivity index (χ4v) is 2.85. The maximum Gasteiger partial charge on any atom is 0.265 e. The Balaban J connectivity index is 2.11. The van der Waals surface area contributed by atoms with Crippen LogP contribution >= 0.6 is 0 Å². The Morgan fingerprint density at radius 2 is 1.75 bits per heavy atom. The topological polar surface area (TPSA) is 76.7 Å². The number of anilines is 1. The van der Waals surface area contributed by atoms with Crippen molar-refractivity contribution in [2.45, 2.75) is 33.3 Å². The zero-order chi connectivity index (χ0) is 20.5. The number of para-hydroxylation sites is 1. The van der Waals surface area contributed by atoms with E-state index in [4.69, 9.17) is 9.47 Å². The van der Waals surface area contributed by atoms with Gasteiger partial charge in [0, 0.05) is 13.7 Å². The lowest BCUT2D eigenvalue weighted by Crippen LogP contribution is -2.34. The summed E-state index contributed by atoms with van der Waals surface area (Å²) >= 11 is 0. The Kier molecular flexibility index (Phi) is 8.02. The molecule has 0 aromatic heterocycles. The van der Waals surface area contributed by atoms with Crippen molar-refractivity contribution in [3.05, 3.63) is 59.2 Å². The lowest BCUT2D eigenvalue weighted by Gasteiger charge is -2.19. The Labute approximate surface area is 166 Å². The minimum Gasteiger partial charge on any atom is -0.481 e. The van der Waals surface area contributed by atoms with Crippen LogP contribution in [-0.2, 0) is 9.53 Å². The molecule has 2 N–H and O–H groups in total. The molecule has 0 aliphatic heterocycles. The number of amides is 2. The fourth-order valence-electron chi connectivity index (χ4n) is 2.85. The van der Waals surface area contributed by atoms with Crippen LogP contribution in [-0.4, -0.2) is 38.2 Å². The molecule has 2 aromatic rings. The normalized spacial score (nSPS) is 11.6. The maximum atomic E-state index is 12.8.